The van der Waals surface area contributed by atoms with E-state index in [9.17, 15) is 4.79 Å². The van der Waals surface area contributed by atoms with Gasteiger partial charge >= 0.3 is 0 Å². The highest BCUT2D eigenvalue weighted by atomic mass is 16.1. The summed E-state index contributed by atoms with van der Waals surface area (Å²) in [5.74, 6) is 0.802. The zero-order valence-corrected chi connectivity index (χ0v) is 15.6. The van der Waals surface area contributed by atoms with Gasteiger partial charge in [-0.15, -0.1) is 0 Å². The van der Waals surface area contributed by atoms with Crippen LogP contribution >= 0.6 is 0 Å². The Kier molecular flexibility index (Phi) is 8.90. The van der Waals surface area contributed by atoms with Crippen LogP contribution in [0.1, 0.15) is 63.4 Å². The molecule has 0 heterocycles. The van der Waals surface area contributed by atoms with Crippen LogP contribution in [0.4, 0.5) is 0 Å². The molecule has 134 valence electrons. The lowest BCUT2D eigenvalue weighted by Gasteiger charge is -2.16. The molecule has 3 N–H and O–H groups in total. The Balaban J connectivity index is 2.67. The van der Waals surface area contributed by atoms with E-state index in [1.54, 1.807) is 0 Å². The van der Waals surface area contributed by atoms with Gasteiger partial charge in [0.2, 0.25) is 0 Å². The van der Waals surface area contributed by atoms with Crippen LogP contribution in [0, 0.1) is 0 Å². The summed E-state index contributed by atoms with van der Waals surface area (Å²) in [5.41, 5.74) is 1.77. The Labute approximate surface area is 146 Å². The van der Waals surface area contributed by atoms with Gasteiger partial charge in [-0.1, -0.05) is 26.0 Å². The maximum atomic E-state index is 12.1. The number of aliphatic imine (C=N–C) groups is 1. The first-order valence-electron chi connectivity index (χ1n) is 8.94. The highest BCUT2D eigenvalue weighted by Crippen LogP contribution is 2.06. The molecule has 0 fully saturated rings. The van der Waals surface area contributed by atoms with Crippen LogP contribution in [0.2, 0.25) is 0 Å². The molecule has 1 rings (SSSR count). The molecule has 24 heavy (non-hydrogen) atoms. The quantitative estimate of drug-likeness (QED) is 0.506. The monoisotopic (exact) mass is 332 g/mol. The van der Waals surface area contributed by atoms with E-state index in [1.807, 2.05) is 31.2 Å². The molecule has 0 saturated heterocycles. The summed E-state index contributed by atoms with van der Waals surface area (Å²) >= 11 is 0. The molecule has 0 spiro atoms. The van der Waals surface area contributed by atoms with Crippen LogP contribution in [-0.4, -0.2) is 30.5 Å². The fourth-order valence-electron chi connectivity index (χ4n) is 2.00. The van der Waals surface area contributed by atoms with E-state index in [1.165, 1.54) is 0 Å². The molecule has 0 saturated carbocycles. The van der Waals surface area contributed by atoms with Crippen molar-refractivity contribution in [3.8, 4) is 0 Å². The van der Waals surface area contributed by atoms with Gasteiger partial charge in [-0.2, -0.15) is 0 Å². The van der Waals surface area contributed by atoms with Gasteiger partial charge in [0.1, 0.15) is 0 Å². The van der Waals surface area contributed by atoms with E-state index in [-0.39, 0.29) is 11.9 Å². The smallest absolute Gasteiger partial charge is 0.251 e. The van der Waals surface area contributed by atoms with E-state index < -0.39 is 0 Å². The van der Waals surface area contributed by atoms with E-state index in [4.69, 9.17) is 0 Å². The molecule has 0 aliphatic rings. The Morgan fingerprint density at radius 2 is 1.58 bits per heavy atom. The highest BCUT2D eigenvalue weighted by molar-refractivity contribution is 5.94. The maximum Gasteiger partial charge on any atom is 0.251 e. The Morgan fingerprint density at radius 1 is 1.00 bits per heavy atom. The molecule has 5 nitrogen and oxygen atoms in total. The molecule has 0 aliphatic heterocycles. The van der Waals surface area contributed by atoms with Crippen LogP contribution in [0.5, 0.6) is 0 Å². The number of guanidine groups is 1. The molecule has 0 bridgehead atoms. The molecule has 0 aromatic heterocycles. The summed E-state index contributed by atoms with van der Waals surface area (Å²) in [6.07, 6.45) is 1.97. The molecule has 1 aromatic rings. The van der Waals surface area contributed by atoms with Crippen LogP contribution in [0.15, 0.2) is 29.3 Å². The van der Waals surface area contributed by atoms with Gasteiger partial charge in [-0.25, -0.2) is 4.99 Å². The van der Waals surface area contributed by atoms with Gasteiger partial charge in [-0.05, 0) is 51.3 Å². The first-order chi connectivity index (χ1) is 11.5. The van der Waals surface area contributed by atoms with Crippen molar-refractivity contribution in [2.45, 2.75) is 66.1 Å². The number of hydrogen-bond acceptors (Lipinski definition) is 2. The van der Waals surface area contributed by atoms with E-state index in [0.29, 0.717) is 18.2 Å². The number of nitrogens with zero attached hydrogens (tertiary/aromatic N) is 1. The maximum absolute atomic E-state index is 12.1. The molecule has 2 unspecified atom stereocenters. The number of nitrogens with one attached hydrogen (secondary N) is 3. The van der Waals surface area contributed by atoms with Crippen molar-refractivity contribution in [2.75, 3.05) is 6.54 Å². The van der Waals surface area contributed by atoms with Crippen molar-refractivity contribution in [1.29, 1.82) is 0 Å². The third-order valence-electron chi connectivity index (χ3n) is 3.97. The zero-order chi connectivity index (χ0) is 17.9. The summed E-state index contributed by atoms with van der Waals surface area (Å²) in [6, 6.07) is 8.21. The van der Waals surface area contributed by atoms with Crippen LogP contribution in [0.25, 0.3) is 0 Å². The lowest BCUT2D eigenvalue weighted by Crippen LogP contribution is -2.41. The van der Waals surface area contributed by atoms with Crippen LogP contribution < -0.4 is 16.0 Å². The second-order valence-electron chi connectivity index (χ2n) is 6.13. The predicted octanol–water partition coefficient (Wildman–Crippen LogP) is 3.07. The van der Waals surface area contributed by atoms with E-state index in [2.05, 4.69) is 48.6 Å². The second-order valence-corrected chi connectivity index (χ2v) is 6.13. The normalized spacial score (nSPS) is 14.0. The van der Waals surface area contributed by atoms with E-state index >= 15 is 0 Å². The lowest BCUT2D eigenvalue weighted by molar-refractivity contribution is 0.0939. The molecule has 1 aromatic carbocycles. The van der Waals surface area contributed by atoms with Crippen molar-refractivity contribution in [3.05, 3.63) is 35.4 Å². The fourth-order valence-corrected chi connectivity index (χ4v) is 2.00. The summed E-state index contributed by atoms with van der Waals surface area (Å²) in [7, 11) is 0. The topological polar surface area (TPSA) is 65.5 Å². The highest BCUT2D eigenvalue weighted by Gasteiger charge is 2.08. The van der Waals surface area contributed by atoms with Crippen molar-refractivity contribution in [1.82, 2.24) is 16.0 Å². The molecule has 0 aliphatic carbocycles. The lowest BCUT2D eigenvalue weighted by atomic mass is 10.1. The minimum absolute atomic E-state index is 0.0221. The van der Waals surface area contributed by atoms with Crippen molar-refractivity contribution in [2.24, 2.45) is 4.99 Å². The SMILES string of the molecule is CCNC(=NCc1ccc(C(=O)NC(C)CC)cc1)NC(C)CC. The molecule has 1 amide bonds. The minimum atomic E-state index is -0.0221. The average Bonchev–Trinajstić information content (AvgIpc) is 2.59. The van der Waals surface area contributed by atoms with Crippen molar-refractivity contribution in [3.63, 3.8) is 0 Å². The average molecular weight is 332 g/mol. The number of rotatable bonds is 8. The first-order valence-corrected chi connectivity index (χ1v) is 8.94. The van der Waals surface area contributed by atoms with Crippen molar-refractivity contribution >= 4 is 11.9 Å². The third kappa shape index (κ3) is 7.02. The second kappa shape index (κ2) is 10.7. The van der Waals surface area contributed by atoms with Crippen LogP contribution in [0.3, 0.4) is 0 Å². The molecular formula is C19H32N4O. The zero-order valence-electron chi connectivity index (χ0n) is 15.6. The largest absolute Gasteiger partial charge is 0.357 e. The summed E-state index contributed by atoms with van der Waals surface area (Å²) in [5, 5.41) is 9.59. The summed E-state index contributed by atoms with van der Waals surface area (Å²) in [4.78, 5) is 16.7. The Bertz CT molecular complexity index is 525. The molecule has 5 heteroatoms. The first kappa shape index (κ1) is 20.0. The number of hydrogen-bond donors (Lipinski definition) is 3. The number of benzene rings is 1. The number of carbonyl (C=O) groups excluding carboxylic acids is 1. The van der Waals surface area contributed by atoms with Gasteiger partial charge < -0.3 is 16.0 Å². The van der Waals surface area contributed by atoms with Gasteiger partial charge in [-0.3, -0.25) is 4.79 Å². The fraction of sp³-hybridized carbons (Fsp3) is 0.579. The van der Waals surface area contributed by atoms with Gasteiger partial charge in [0.25, 0.3) is 5.91 Å². The molecular weight excluding hydrogens is 300 g/mol. The van der Waals surface area contributed by atoms with Crippen LogP contribution in [-0.2, 0) is 6.54 Å². The van der Waals surface area contributed by atoms with Gasteiger partial charge in [0.05, 0.1) is 6.54 Å². The molecule has 2 atom stereocenters. The number of amides is 1. The van der Waals surface area contributed by atoms with Gasteiger partial charge in [0, 0.05) is 24.2 Å². The standard InChI is InChI=1S/C19H32N4O/c1-6-14(4)22-18(24)17-11-9-16(10-12-17)13-21-19(20-8-3)23-15(5)7-2/h9-12,14-15H,6-8,13H2,1-5H3,(H,22,24)(H2,20,21,23). The Hall–Kier alpha value is -2.04. The third-order valence-corrected chi connectivity index (χ3v) is 3.97. The van der Waals surface area contributed by atoms with Gasteiger partial charge in [0.15, 0.2) is 5.96 Å². The number of carbonyl (C=O) groups is 1. The van der Waals surface area contributed by atoms with E-state index in [0.717, 1.165) is 30.9 Å². The summed E-state index contributed by atoms with van der Waals surface area (Å²) < 4.78 is 0. The summed E-state index contributed by atoms with van der Waals surface area (Å²) in [6.45, 7) is 11.8. The molecule has 0 radical (unpaired) electrons. The predicted molar refractivity (Wildman–Crippen MR) is 101 cm³/mol. The minimum Gasteiger partial charge on any atom is -0.357 e. The Morgan fingerprint density at radius 3 is 2.12 bits per heavy atom. The van der Waals surface area contributed by atoms with Crippen molar-refractivity contribution < 1.29 is 4.79 Å².